The number of aromatic amines is 1. The fourth-order valence-electron chi connectivity index (χ4n) is 1.12. The van der Waals surface area contributed by atoms with Crippen molar-refractivity contribution in [3.8, 4) is 0 Å². The third-order valence-corrected chi connectivity index (χ3v) is 1.67. The second kappa shape index (κ2) is 5.14. The van der Waals surface area contributed by atoms with Gasteiger partial charge in [0.15, 0.2) is 5.43 Å². The fourth-order valence-corrected chi connectivity index (χ4v) is 1.12. The molecule has 1 aromatic carbocycles. The molecule has 14 heavy (non-hydrogen) atoms. The summed E-state index contributed by atoms with van der Waals surface area (Å²) in [7, 11) is 1.21. The van der Waals surface area contributed by atoms with Crippen molar-refractivity contribution in [2.24, 2.45) is 0 Å². The van der Waals surface area contributed by atoms with Crippen molar-refractivity contribution in [3.05, 3.63) is 46.8 Å². The highest BCUT2D eigenvalue weighted by molar-refractivity contribution is 5.77. The molecule has 0 fully saturated rings. The van der Waals surface area contributed by atoms with E-state index in [2.05, 4.69) is 4.98 Å². The predicted octanol–water partition coefficient (Wildman–Crippen LogP) is 1.62. The number of para-hydroxylation sites is 1. The van der Waals surface area contributed by atoms with E-state index < -0.39 is 0 Å². The van der Waals surface area contributed by atoms with E-state index in [0.29, 0.717) is 0 Å². The summed E-state index contributed by atoms with van der Waals surface area (Å²) in [6.45, 7) is 0. The molecule has 4 heteroatoms. The number of halogens is 1. The molecular weight excluding hydrogens is 183 g/mol. The van der Waals surface area contributed by atoms with Gasteiger partial charge in [0.1, 0.15) is 0 Å². The molecular formula is C10H11FN2O. The minimum Gasteiger partial charge on any atom is -0.361 e. The zero-order chi connectivity index (χ0) is 10.4. The lowest BCUT2D eigenvalue weighted by Crippen LogP contribution is -1.98. The van der Waals surface area contributed by atoms with E-state index in [1.54, 1.807) is 6.20 Å². The van der Waals surface area contributed by atoms with E-state index in [9.17, 15) is 9.28 Å². The Morgan fingerprint density at radius 2 is 1.93 bits per heavy atom. The molecule has 0 unspecified atom stereocenters. The van der Waals surface area contributed by atoms with Crippen LogP contribution in [0.1, 0.15) is 0 Å². The summed E-state index contributed by atoms with van der Waals surface area (Å²) in [5.74, 6) is 0. The van der Waals surface area contributed by atoms with Crippen molar-refractivity contribution in [1.82, 2.24) is 10.5 Å². The Bertz CT molecular complexity index is 448. The third kappa shape index (κ3) is 2.40. The van der Waals surface area contributed by atoms with E-state index in [-0.39, 0.29) is 5.43 Å². The van der Waals surface area contributed by atoms with E-state index in [4.69, 9.17) is 0 Å². The molecule has 1 aromatic heterocycles. The molecule has 2 aromatic rings. The number of pyridine rings is 1. The van der Waals surface area contributed by atoms with Gasteiger partial charge in [-0.25, -0.2) is 0 Å². The van der Waals surface area contributed by atoms with Crippen LogP contribution in [0.3, 0.4) is 0 Å². The number of rotatable bonds is 0. The Morgan fingerprint density at radius 1 is 1.29 bits per heavy atom. The van der Waals surface area contributed by atoms with Crippen molar-refractivity contribution in [2.75, 3.05) is 7.05 Å². The summed E-state index contributed by atoms with van der Waals surface area (Å²) >= 11 is 0. The summed E-state index contributed by atoms with van der Waals surface area (Å²) in [6.07, 6.45) is 1.66. The first kappa shape index (κ1) is 10.4. The highest BCUT2D eigenvalue weighted by Crippen LogP contribution is 2.03. The largest absolute Gasteiger partial charge is 0.361 e. The molecule has 0 radical (unpaired) electrons. The smallest absolute Gasteiger partial charge is 0.189 e. The van der Waals surface area contributed by atoms with Crippen molar-refractivity contribution in [2.45, 2.75) is 0 Å². The summed E-state index contributed by atoms with van der Waals surface area (Å²) in [5.41, 5.74) is 2.21. The van der Waals surface area contributed by atoms with Gasteiger partial charge in [0.25, 0.3) is 0 Å². The van der Waals surface area contributed by atoms with Crippen LogP contribution in [0.15, 0.2) is 41.3 Å². The van der Waals surface area contributed by atoms with Crippen molar-refractivity contribution >= 4 is 10.9 Å². The van der Waals surface area contributed by atoms with Crippen molar-refractivity contribution in [3.63, 3.8) is 0 Å². The molecule has 0 aliphatic carbocycles. The number of H-pyrrole nitrogens is 1. The predicted molar refractivity (Wildman–Crippen MR) is 54.7 cm³/mol. The van der Waals surface area contributed by atoms with Gasteiger partial charge in [-0.15, -0.1) is 4.48 Å². The highest BCUT2D eigenvalue weighted by Gasteiger charge is 1.92. The molecule has 0 saturated carbocycles. The number of hydrogen-bond donors (Lipinski definition) is 2. The molecule has 0 amide bonds. The maximum Gasteiger partial charge on any atom is 0.189 e. The van der Waals surface area contributed by atoms with Crippen LogP contribution >= 0.6 is 0 Å². The molecule has 74 valence electrons. The minimum atomic E-state index is 0.0688. The van der Waals surface area contributed by atoms with Crippen LogP contribution in [-0.4, -0.2) is 12.0 Å². The normalized spacial score (nSPS) is 9.29. The summed E-state index contributed by atoms with van der Waals surface area (Å²) in [4.78, 5) is 14.2. The van der Waals surface area contributed by atoms with Gasteiger partial charge >= 0.3 is 0 Å². The lowest BCUT2D eigenvalue weighted by atomic mass is 10.2. The second-order valence-electron chi connectivity index (χ2n) is 2.58. The Balaban J connectivity index is 0.000000293. The lowest BCUT2D eigenvalue weighted by Gasteiger charge is -1.92. The van der Waals surface area contributed by atoms with E-state index >= 15 is 0 Å². The summed E-state index contributed by atoms with van der Waals surface area (Å²) < 4.78 is 10.0. The average Bonchev–Trinajstić information content (AvgIpc) is 2.20. The number of hydrogen-bond acceptors (Lipinski definition) is 2. The van der Waals surface area contributed by atoms with E-state index in [0.717, 1.165) is 10.9 Å². The molecule has 2 N–H and O–H groups in total. The number of aromatic nitrogens is 1. The molecule has 0 spiro atoms. The van der Waals surface area contributed by atoms with Crippen LogP contribution in [0.5, 0.6) is 0 Å². The molecule has 2 rings (SSSR count). The highest BCUT2D eigenvalue weighted by atomic mass is 19.2. The first-order valence-corrected chi connectivity index (χ1v) is 4.13. The Hall–Kier alpha value is -1.68. The van der Waals surface area contributed by atoms with Crippen LogP contribution in [-0.2, 0) is 0 Å². The monoisotopic (exact) mass is 194 g/mol. The first-order valence-electron chi connectivity index (χ1n) is 4.13. The molecule has 1 heterocycles. The van der Waals surface area contributed by atoms with Gasteiger partial charge in [-0.3, -0.25) is 4.79 Å². The van der Waals surface area contributed by atoms with E-state index in [1.165, 1.54) is 18.7 Å². The van der Waals surface area contributed by atoms with E-state index in [1.807, 2.05) is 24.3 Å². The molecule has 0 bridgehead atoms. The molecule has 3 nitrogen and oxygen atoms in total. The maximum absolute atomic E-state index is 11.2. The van der Waals surface area contributed by atoms with Gasteiger partial charge in [-0.1, -0.05) is 12.1 Å². The number of nitrogens with one attached hydrogen (secondary N) is 2. The number of benzene rings is 1. The molecule has 0 atom stereocenters. The minimum absolute atomic E-state index is 0.0688. The van der Waals surface area contributed by atoms with Crippen molar-refractivity contribution < 1.29 is 4.48 Å². The SMILES string of the molecule is CNF.O=c1cc[nH]c2ccccc12. The van der Waals surface area contributed by atoms with Crippen LogP contribution in [0.25, 0.3) is 10.9 Å². The zero-order valence-corrected chi connectivity index (χ0v) is 7.75. The van der Waals surface area contributed by atoms with Gasteiger partial charge in [0, 0.05) is 30.2 Å². The third-order valence-electron chi connectivity index (χ3n) is 1.67. The molecule has 0 aliphatic heterocycles. The fraction of sp³-hybridized carbons (Fsp3) is 0.100. The molecule has 0 saturated heterocycles. The van der Waals surface area contributed by atoms with Crippen LogP contribution in [0.2, 0.25) is 0 Å². The topological polar surface area (TPSA) is 44.9 Å². The van der Waals surface area contributed by atoms with Gasteiger partial charge in [0.05, 0.1) is 0 Å². The van der Waals surface area contributed by atoms with Gasteiger partial charge < -0.3 is 4.98 Å². The van der Waals surface area contributed by atoms with Crippen LogP contribution < -0.4 is 11.0 Å². The summed E-state index contributed by atoms with van der Waals surface area (Å²) in [6, 6.07) is 8.99. The second-order valence-corrected chi connectivity index (χ2v) is 2.58. The van der Waals surface area contributed by atoms with Gasteiger partial charge in [-0.05, 0) is 12.1 Å². The average molecular weight is 194 g/mol. The quantitative estimate of drug-likeness (QED) is 0.626. The Labute approximate surface area is 80.5 Å². The maximum atomic E-state index is 11.2. The Morgan fingerprint density at radius 3 is 2.57 bits per heavy atom. The summed E-state index contributed by atoms with van der Waals surface area (Å²) in [5, 5.41) is 0.745. The van der Waals surface area contributed by atoms with Gasteiger partial charge in [0.2, 0.25) is 0 Å². The standard InChI is InChI=1S/C9H7NO.CH4FN/c11-9-5-6-10-8-4-2-1-3-7(8)9;1-3-2/h1-6H,(H,10,11);3H,1H3. The molecule has 0 aliphatic rings. The first-order chi connectivity index (χ1) is 6.79. The Kier molecular flexibility index (Phi) is 3.82. The number of fused-ring (bicyclic) bond motifs is 1. The zero-order valence-electron chi connectivity index (χ0n) is 7.75. The van der Waals surface area contributed by atoms with Crippen LogP contribution in [0, 0.1) is 0 Å². The lowest BCUT2D eigenvalue weighted by molar-refractivity contribution is 0.380. The van der Waals surface area contributed by atoms with Crippen molar-refractivity contribution in [1.29, 1.82) is 0 Å². The van der Waals surface area contributed by atoms with Crippen LogP contribution in [0.4, 0.5) is 4.48 Å². The van der Waals surface area contributed by atoms with Gasteiger partial charge in [-0.2, -0.15) is 5.54 Å².